The molecule has 0 bridgehead atoms. The van der Waals surface area contributed by atoms with Gasteiger partial charge in [0.15, 0.2) is 17.1 Å². The molecule has 0 saturated carbocycles. The maximum absolute atomic E-state index is 12.3. The number of para-hydroxylation sites is 1. The second-order valence-corrected chi connectivity index (χ2v) is 7.07. The number of carbonyl (C=O) groups is 1. The minimum atomic E-state index is -0.799. The first-order valence-electron chi connectivity index (χ1n) is 9.76. The number of aromatic hydroxyl groups is 1. The van der Waals surface area contributed by atoms with Crippen molar-refractivity contribution in [3.8, 4) is 17.2 Å². The SMILES string of the molecule is CC(=O)OCCOc1cccc2c(O)c(OCC=C(C)CCC=C(C)C)c(=O)oc12. The van der Waals surface area contributed by atoms with Crippen molar-refractivity contribution in [1.29, 1.82) is 0 Å². The van der Waals surface area contributed by atoms with Gasteiger partial charge in [-0.25, -0.2) is 4.79 Å². The molecule has 1 N–H and O–H groups in total. The van der Waals surface area contributed by atoms with E-state index in [1.807, 2.05) is 13.0 Å². The Bertz CT molecular complexity index is 995. The summed E-state index contributed by atoms with van der Waals surface area (Å²) >= 11 is 0. The van der Waals surface area contributed by atoms with Gasteiger partial charge in [-0.2, -0.15) is 0 Å². The molecule has 1 aromatic heterocycles. The average Bonchev–Trinajstić information content (AvgIpc) is 2.67. The van der Waals surface area contributed by atoms with Crippen molar-refractivity contribution in [2.75, 3.05) is 19.8 Å². The lowest BCUT2D eigenvalue weighted by Gasteiger charge is -2.11. The van der Waals surface area contributed by atoms with Crippen molar-refractivity contribution in [3.63, 3.8) is 0 Å². The molecular weight excluding hydrogens is 388 g/mol. The Morgan fingerprint density at radius 1 is 1.10 bits per heavy atom. The molecule has 0 spiro atoms. The van der Waals surface area contributed by atoms with Crippen molar-refractivity contribution >= 4 is 16.9 Å². The molecule has 0 aliphatic rings. The lowest BCUT2D eigenvalue weighted by Crippen LogP contribution is -2.11. The number of hydrogen-bond acceptors (Lipinski definition) is 7. The first-order chi connectivity index (χ1) is 14.3. The van der Waals surface area contributed by atoms with Gasteiger partial charge in [0.2, 0.25) is 5.75 Å². The zero-order valence-corrected chi connectivity index (χ0v) is 17.8. The maximum atomic E-state index is 12.3. The Balaban J connectivity index is 2.12. The van der Waals surface area contributed by atoms with Crippen LogP contribution in [0.15, 0.2) is 50.7 Å². The molecule has 0 saturated heterocycles. The lowest BCUT2D eigenvalue weighted by atomic mass is 10.1. The Hall–Kier alpha value is -3.22. The van der Waals surface area contributed by atoms with Crippen molar-refractivity contribution in [3.05, 3.63) is 51.9 Å². The standard InChI is InChI=1S/C23H28O7/c1-15(2)7-5-8-16(3)11-12-29-22-20(25)18-9-6-10-19(21(18)30-23(22)26)28-14-13-27-17(4)24/h6-7,9-11,25H,5,8,12-14H2,1-4H3. The fourth-order valence-electron chi connectivity index (χ4n) is 2.70. The monoisotopic (exact) mass is 416 g/mol. The van der Waals surface area contributed by atoms with Crippen LogP contribution < -0.4 is 15.1 Å². The fraction of sp³-hybridized carbons (Fsp3) is 0.391. The third-order valence-electron chi connectivity index (χ3n) is 4.23. The molecule has 0 aliphatic heterocycles. The molecule has 0 amide bonds. The number of benzene rings is 1. The highest BCUT2D eigenvalue weighted by atomic mass is 16.6. The Morgan fingerprint density at radius 2 is 1.87 bits per heavy atom. The number of carbonyl (C=O) groups excluding carboxylic acids is 1. The predicted octanol–water partition coefficient (Wildman–Crippen LogP) is 4.51. The highest BCUT2D eigenvalue weighted by Gasteiger charge is 2.18. The third kappa shape index (κ3) is 6.69. The van der Waals surface area contributed by atoms with Crippen LogP contribution in [0.3, 0.4) is 0 Å². The van der Waals surface area contributed by atoms with Crippen LogP contribution in [0.2, 0.25) is 0 Å². The summed E-state index contributed by atoms with van der Waals surface area (Å²) in [6, 6.07) is 4.84. The molecule has 0 aliphatic carbocycles. The number of allylic oxidation sites excluding steroid dienone is 3. The summed E-state index contributed by atoms with van der Waals surface area (Å²) < 4.78 is 21.1. The second kappa shape index (κ2) is 11.1. The zero-order valence-electron chi connectivity index (χ0n) is 17.8. The first-order valence-corrected chi connectivity index (χ1v) is 9.76. The van der Waals surface area contributed by atoms with Crippen molar-refractivity contribution in [2.45, 2.75) is 40.5 Å². The number of fused-ring (bicyclic) bond motifs is 1. The van der Waals surface area contributed by atoms with Crippen LogP contribution in [0.1, 0.15) is 40.5 Å². The molecule has 7 heteroatoms. The molecule has 1 aromatic carbocycles. The van der Waals surface area contributed by atoms with Gasteiger partial charge in [0.1, 0.15) is 19.8 Å². The van der Waals surface area contributed by atoms with Crippen LogP contribution in [0.25, 0.3) is 11.0 Å². The van der Waals surface area contributed by atoms with Gasteiger partial charge in [0, 0.05) is 6.92 Å². The summed E-state index contributed by atoms with van der Waals surface area (Å²) in [5.74, 6) is -0.701. The van der Waals surface area contributed by atoms with E-state index in [9.17, 15) is 14.7 Å². The molecule has 7 nitrogen and oxygen atoms in total. The third-order valence-corrected chi connectivity index (χ3v) is 4.23. The summed E-state index contributed by atoms with van der Waals surface area (Å²) in [6.45, 7) is 7.69. The van der Waals surface area contributed by atoms with E-state index in [1.54, 1.807) is 18.2 Å². The second-order valence-electron chi connectivity index (χ2n) is 7.07. The van der Waals surface area contributed by atoms with Crippen LogP contribution in [-0.4, -0.2) is 30.9 Å². The quantitative estimate of drug-likeness (QED) is 0.263. The molecule has 0 unspecified atom stereocenters. The molecule has 2 rings (SSSR count). The van der Waals surface area contributed by atoms with Gasteiger partial charge < -0.3 is 23.7 Å². The van der Waals surface area contributed by atoms with Gasteiger partial charge in [0.05, 0.1) is 5.39 Å². The van der Waals surface area contributed by atoms with Crippen LogP contribution in [0.5, 0.6) is 17.2 Å². The number of esters is 1. The summed E-state index contributed by atoms with van der Waals surface area (Å²) in [5, 5.41) is 10.8. The molecule has 0 atom stereocenters. The summed E-state index contributed by atoms with van der Waals surface area (Å²) in [7, 11) is 0. The van der Waals surface area contributed by atoms with Gasteiger partial charge >= 0.3 is 11.6 Å². The molecule has 0 fully saturated rings. The van der Waals surface area contributed by atoms with Crippen LogP contribution in [-0.2, 0) is 9.53 Å². The van der Waals surface area contributed by atoms with E-state index in [4.69, 9.17) is 18.6 Å². The van der Waals surface area contributed by atoms with Gasteiger partial charge in [0.25, 0.3) is 0 Å². The van der Waals surface area contributed by atoms with E-state index in [1.165, 1.54) is 12.5 Å². The van der Waals surface area contributed by atoms with E-state index >= 15 is 0 Å². The smallest absolute Gasteiger partial charge is 0.383 e. The number of hydrogen-bond donors (Lipinski definition) is 1. The van der Waals surface area contributed by atoms with Gasteiger partial charge in [-0.3, -0.25) is 4.79 Å². The normalized spacial score (nSPS) is 11.3. The fourth-order valence-corrected chi connectivity index (χ4v) is 2.70. The van der Waals surface area contributed by atoms with E-state index in [-0.39, 0.29) is 42.7 Å². The van der Waals surface area contributed by atoms with E-state index in [2.05, 4.69) is 19.9 Å². The minimum Gasteiger partial charge on any atom is -0.504 e. The highest BCUT2D eigenvalue weighted by Crippen LogP contribution is 2.35. The average molecular weight is 416 g/mol. The summed E-state index contributed by atoms with van der Waals surface area (Å²) in [5.41, 5.74) is 1.70. The van der Waals surface area contributed by atoms with Gasteiger partial charge in [-0.1, -0.05) is 23.3 Å². The summed E-state index contributed by atoms with van der Waals surface area (Å²) in [4.78, 5) is 23.2. The molecular formula is C23H28O7. The molecule has 30 heavy (non-hydrogen) atoms. The van der Waals surface area contributed by atoms with Crippen molar-refractivity contribution < 1.29 is 28.5 Å². The zero-order chi connectivity index (χ0) is 22.1. The van der Waals surface area contributed by atoms with E-state index in [0.29, 0.717) is 5.39 Å². The Kier molecular flexibility index (Phi) is 8.53. The Labute approximate surface area is 175 Å². The highest BCUT2D eigenvalue weighted by molar-refractivity contribution is 5.89. The largest absolute Gasteiger partial charge is 0.504 e. The predicted molar refractivity (Wildman–Crippen MR) is 114 cm³/mol. The topological polar surface area (TPSA) is 95.2 Å². The van der Waals surface area contributed by atoms with Gasteiger partial charge in [-0.15, -0.1) is 0 Å². The van der Waals surface area contributed by atoms with Crippen LogP contribution >= 0.6 is 0 Å². The molecule has 1 heterocycles. The van der Waals surface area contributed by atoms with Crippen LogP contribution in [0, 0.1) is 0 Å². The maximum Gasteiger partial charge on any atom is 0.383 e. The van der Waals surface area contributed by atoms with Gasteiger partial charge in [-0.05, 0) is 51.8 Å². The minimum absolute atomic E-state index is 0.0580. The number of ether oxygens (including phenoxy) is 3. The lowest BCUT2D eigenvalue weighted by molar-refractivity contribution is -0.141. The van der Waals surface area contributed by atoms with E-state index < -0.39 is 11.6 Å². The van der Waals surface area contributed by atoms with E-state index in [0.717, 1.165) is 18.4 Å². The first kappa shape index (κ1) is 23.1. The Morgan fingerprint density at radius 3 is 2.57 bits per heavy atom. The molecule has 162 valence electrons. The molecule has 0 radical (unpaired) electrons. The molecule has 2 aromatic rings. The van der Waals surface area contributed by atoms with Crippen LogP contribution in [0.4, 0.5) is 0 Å². The summed E-state index contributed by atoms with van der Waals surface area (Å²) in [6.07, 6.45) is 5.86. The van der Waals surface area contributed by atoms with Crippen molar-refractivity contribution in [2.24, 2.45) is 0 Å². The van der Waals surface area contributed by atoms with Crippen molar-refractivity contribution in [1.82, 2.24) is 0 Å². The number of rotatable bonds is 10.